The molecule has 1 aliphatic rings. The lowest BCUT2D eigenvalue weighted by Gasteiger charge is -2.08. The van der Waals surface area contributed by atoms with E-state index in [1.165, 1.54) is 17.7 Å². The molecule has 20 heavy (non-hydrogen) atoms. The minimum Gasteiger partial charge on any atom is -0.388 e. The number of aromatic nitrogens is 1. The maximum atomic E-state index is 13.1. The van der Waals surface area contributed by atoms with Crippen LogP contribution in [0, 0.1) is 5.82 Å². The lowest BCUT2D eigenvalue weighted by atomic mass is 10.1. The molecule has 106 valence electrons. The molecule has 0 aliphatic heterocycles. The molecular formula is C16H17BrFNO. The molecule has 0 bridgehead atoms. The Morgan fingerprint density at radius 2 is 2.15 bits per heavy atom. The van der Waals surface area contributed by atoms with Gasteiger partial charge in [-0.1, -0.05) is 28.4 Å². The van der Waals surface area contributed by atoms with E-state index in [9.17, 15) is 9.50 Å². The van der Waals surface area contributed by atoms with E-state index in [1.807, 2.05) is 6.20 Å². The van der Waals surface area contributed by atoms with E-state index in [2.05, 4.69) is 26.7 Å². The number of rotatable bonds is 2. The van der Waals surface area contributed by atoms with Crippen molar-refractivity contribution < 1.29 is 9.50 Å². The van der Waals surface area contributed by atoms with Crippen LogP contribution < -0.4 is 0 Å². The quantitative estimate of drug-likeness (QED) is 0.816. The van der Waals surface area contributed by atoms with Gasteiger partial charge in [0, 0.05) is 29.0 Å². The predicted molar refractivity (Wildman–Crippen MR) is 80.1 cm³/mol. The molecule has 1 N–H and O–H groups in total. The molecule has 4 heteroatoms. The number of nitrogens with zero attached hydrogens (tertiary/aromatic N) is 1. The first-order valence-electron chi connectivity index (χ1n) is 6.94. The summed E-state index contributed by atoms with van der Waals surface area (Å²) in [6.45, 7) is 0.681. The van der Waals surface area contributed by atoms with Gasteiger partial charge in [-0.25, -0.2) is 4.39 Å². The van der Waals surface area contributed by atoms with Crippen molar-refractivity contribution in [3.8, 4) is 0 Å². The summed E-state index contributed by atoms with van der Waals surface area (Å²) in [7, 11) is 0. The third-order valence-electron chi connectivity index (χ3n) is 3.90. The number of aliphatic hydroxyl groups excluding tert-OH is 1. The molecule has 3 rings (SSSR count). The van der Waals surface area contributed by atoms with Crippen molar-refractivity contribution in [2.24, 2.45) is 0 Å². The van der Waals surface area contributed by atoms with Crippen LogP contribution in [0.5, 0.6) is 0 Å². The van der Waals surface area contributed by atoms with E-state index in [1.54, 1.807) is 6.07 Å². The number of hydrogen-bond donors (Lipinski definition) is 1. The highest BCUT2D eigenvalue weighted by atomic mass is 79.9. The van der Waals surface area contributed by atoms with Gasteiger partial charge in [0.25, 0.3) is 0 Å². The summed E-state index contributed by atoms with van der Waals surface area (Å²) in [4.78, 5) is 0. The second kappa shape index (κ2) is 5.70. The highest BCUT2D eigenvalue weighted by Crippen LogP contribution is 2.30. The Bertz CT molecular complexity index is 623. The zero-order valence-corrected chi connectivity index (χ0v) is 12.7. The van der Waals surface area contributed by atoms with Gasteiger partial charge < -0.3 is 9.67 Å². The minimum atomic E-state index is -0.342. The molecule has 1 aromatic carbocycles. The number of hydrogen-bond acceptors (Lipinski definition) is 1. The highest BCUT2D eigenvalue weighted by Gasteiger charge is 2.18. The highest BCUT2D eigenvalue weighted by molar-refractivity contribution is 9.10. The van der Waals surface area contributed by atoms with Crippen molar-refractivity contribution >= 4 is 15.9 Å². The maximum absolute atomic E-state index is 13.1. The number of fused-ring (bicyclic) bond motifs is 1. The van der Waals surface area contributed by atoms with Gasteiger partial charge in [0.15, 0.2) is 0 Å². The van der Waals surface area contributed by atoms with Gasteiger partial charge in [-0.3, -0.25) is 0 Å². The summed E-state index contributed by atoms with van der Waals surface area (Å²) in [5.41, 5.74) is 3.33. The van der Waals surface area contributed by atoms with Crippen molar-refractivity contribution in [1.29, 1.82) is 0 Å². The van der Waals surface area contributed by atoms with E-state index in [4.69, 9.17) is 0 Å². The van der Waals surface area contributed by atoms with Crippen molar-refractivity contribution in [2.75, 3.05) is 0 Å². The van der Waals surface area contributed by atoms with Crippen molar-refractivity contribution in [3.63, 3.8) is 0 Å². The Balaban J connectivity index is 1.87. The molecule has 0 radical (unpaired) electrons. The van der Waals surface area contributed by atoms with Gasteiger partial charge in [-0.2, -0.15) is 0 Å². The lowest BCUT2D eigenvalue weighted by molar-refractivity contribution is 0.166. The fourth-order valence-corrected chi connectivity index (χ4v) is 3.31. The summed E-state index contributed by atoms with van der Waals surface area (Å²) in [6, 6.07) is 4.75. The minimum absolute atomic E-state index is 0.237. The van der Waals surface area contributed by atoms with Gasteiger partial charge in [-0.05, 0) is 42.5 Å². The smallest absolute Gasteiger partial charge is 0.124 e. The van der Waals surface area contributed by atoms with Gasteiger partial charge in [0.1, 0.15) is 5.82 Å². The molecule has 1 atom stereocenters. The number of halogens is 2. The molecule has 0 saturated heterocycles. The second-order valence-corrected chi connectivity index (χ2v) is 6.26. The first-order valence-corrected chi connectivity index (χ1v) is 7.73. The first kappa shape index (κ1) is 13.8. The van der Waals surface area contributed by atoms with E-state index in [0.29, 0.717) is 6.54 Å². The van der Waals surface area contributed by atoms with Crippen LogP contribution in [0.4, 0.5) is 4.39 Å². The predicted octanol–water partition coefficient (Wildman–Crippen LogP) is 4.20. The summed E-state index contributed by atoms with van der Waals surface area (Å²) in [6.07, 6.45) is 7.89. The summed E-state index contributed by atoms with van der Waals surface area (Å²) in [5, 5.41) is 10.1. The summed E-state index contributed by atoms with van der Waals surface area (Å²) < 4.78 is 16.0. The van der Waals surface area contributed by atoms with Gasteiger partial charge >= 0.3 is 0 Å². The molecule has 1 aliphatic carbocycles. The molecular weight excluding hydrogens is 321 g/mol. The summed E-state index contributed by atoms with van der Waals surface area (Å²) >= 11 is 3.40. The molecule has 1 unspecified atom stereocenters. The van der Waals surface area contributed by atoms with Crippen LogP contribution in [0.3, 0.4) is 0 Å². The average Bonchev–Trinajstić information content (AvgIpc) is 2.73. The first-order chi connectivity index (χ1) is 9.63. The molecule has 1 heterocycles. The van der Waals surface area contributed by atoms with Crippen molar-refractivity contribution in [1.82, 2.24) is 4.57 Å². The Morgan fingerprint density at radius 1 is 1.30 bits per heavy atom. The standard InChI is InChI=1S/C16H17BrFNO/c17-15-7-13(18)6-5-12(15)9-19-8-11-3-1-2-4-16(20)14(11)10-19/h5-8,10,16,20H,1-4,9H2. The normalized spacial score (nSPS) is 18.6. The molecule has 0 amide bonds. The van der Waals surface area contributed by atoms with E-state index < -0.39 is 0 Å². The monoisotopic (exact) mass is 337 g/mol. The molecule has 0 fully saturated rings. The largest absolute Gasteiger partial charge is 0.388 e. The van der Waals surface area contributed by atoms with Crippen LogP contribution in [0.15, 0.2) is 35.1 Å². The molecule has 2 aromatic rings. The van der Waals surface area contributed by atoms with E-state index >= 15 is 0 Å². The molecule has 1 aromatic heterocycles. The van der Waals surface area contributed by atoms with Crippen LogP contribution in [-0.2, 0) is 13.0 Å². The SMILES string of the molecule is OC1CCCCc2cn(Cc3ccc(F)cc3Br)cc21. The Kier molecular flexibility index (Phi) is 3.94. The van der Waals surface area contributed by atoms with Crippen molar-refractivity contribution in [2.45, 2.75) is 38.3 Å². The van der Waals surface area contributed by atoms with Crippen molar-refractivity contribution in [3.05, 3.63) is 57.6 Å². The topological polar surface area (TPSA) is 25.2 Å². The maximum Gasteiger partial charge on any atom is 0.124 e. The Hall–Kier alpha value is -1.13. The second-order valence-electron chi connectivity index (χ2n) is 5.41. The molecule has 0 saturated carbocycles. The van der Waals surface area contributed by atoms with Crippen LogP contribution in [-0.4, -0.2) is 9.67 Å². The Morgan fingerprint density at radius 3 is 2.95 bits per heavy atom. The zero-order valence-electron chi connectivity index (χ0n) is 11.1. The number of aryl methyl sites for hydroxylation is 1. The fraction of sp³-hybridized carbons (Fsp3) is 0.375. The molecule has 0 spiro atoms. The van der Waals surface area contributed by atoms with Crippen LogP contribution >= 0.6 is 15.9 Å². The van der Waals surface area contributed by atoms with Crippen LogP contribution in [0.25, 0.3) is 0 Å². The summed E-state index contributed by atoms with van der Waals surface area (Å²) in [5.74, 6) is -0.237. The third kappa shape index (κ3) is 2.81. The van der Waals surface area contributed by atoms with Crippen LogP contribution in [0.1, 0.15) is 42.1 Å². The Labute approximate surface area is 126 Å². The fourth-order valence-electron chi connectivity index (χ4n) is 2.83. The van der Waals surface area contributed by atoms with Gasteiger partial charge in [-0.15, -0.1) is 0 Å². The van der Waals surface area contributed by atoms with Crippen LogP contribution in [0.2, 0.25) is 0 Å². The van der Waals surface area contributed by atoms with Gasteiger partial charge in [0.2, 0.25) is 0 Å². The third-order valence-corrected chi connectivity index (χ3v) is 4.64. The van der Waals surface area contributed by atoms with E-state index in [-0.39, 0.29) is 11.9 Å². The number of benzene rings is 1. The van der Waals surface area contributed by atoms with Gasteiger partial charge in [0.05, 0.1) is 6.10 Å². The molecule has 2 nitrogen and oxygen atoms in total. The average molecular weight is 338 g/mol. The van der Waals surface area contributed by atoms with E-state index in [0.717, 1.165) is 41.3 Å². The zero-order chi connectivity index (χ0) is 14.1. The number of aliphatic hydroxyl groups is 1. The lowest BCUT2D eigenvalue weighted by Crippen LogP contribution is -1.99.